The second kappa shape index (κ2) is 10.8. The Bertz CT molecular complexity index is 683. The molecule has 1 aliphatic rings. The molecule has 0 spiro atoms. The van der Waals surface area contributed by atoms with Crippen LogP contribution in [-0.4, -0.2) is 38.2 Å². The van der Waals surface area contributed by atoms with Crippen molar-refractivity contribution in [2.24, 2.45) is 0 Å². The zero-order valence-electron chi connectivity index (χ0n) is 15.8. The van der Waals surface area contributed by atoms with Gasteiger partial charge < -0.3 is 19.5 Å². The fourth-order valence-electron chi connectivity index (χ4n) is 2.87. The number of methoxy groups -OCH3 is 1. The summed E-state index contributed by atoms with van der Waals surface area (Å²) >= 11 is 6.24. The van der Waals surface area contributed by atoms with Crippen LogP contribution in [0.3, 0.4) is 0 Å². The molecule has 1 saturated carbocycles. The van der Waals surface area contributed by atoms with Crippen LogP contribution >= 0.6 is 11.6 Å². The van der Waals surface area contributed by atoms with E-state index in [1.165, 1.54) is 13.2 Å². The van der Waals surface area contributed by atoms with Gasteiger partial charge >= 0.3 is 5.97 Å². The van der Waals surface area contributed by atoms with Gasteiger partial charge in [-0.25, -0.2) is 4.79 Å². The van der Waals surface area contributed by atoms with Crippen LogP contribution in [0.25, 0.3) is 6.08 Å². The van der Waals surface area contributed by atoms with E-state index in [0.717, 1.165) is 32.1 Å². The van der Waals surface area contributed by atoms with E-state index < -0.39 is 5.97 Å². The predicted octanol–water partition coefficient (Wildman–Crippen LogP) is 3.75. The minimum atomic E-state index is -0.599. The zero-order chi connectivity index (χ0) is 19.6. The maximum atomic E-state index is 11.8. The Labute approximate surface area is 164 Å². The number of hydrogen-bond acceptors (Lipinski definition) is 5. The molecule has 1 fully saturated rings. The number of ether oxygens (including phenoxy) is 3. The summed E-state index contributed by atoms with van der Waals surface area (Å²) in [7, 11) is 1.52. The number of amides is 1. The molecule has 27 heavy (non-hydrogen) atoms. The van der Waals surface area contributed by atoms with Crippen LogP contribution in [0.1, 0.15) is 44.6 Å². The molecule has 0 radical (unpaired) electrons. The van der Waals surface area contributed by atoms with Crippen molar-refractivity contribution < 1.29 is 23.8 Å². The van der Waals surface area contributed by atoms with E-state index in [-0.39, 0.29) is 18.6 Å². The number of carbonyl (C=O) groups excluding carboxylic acids is 2. The molecule has 1 aromatic rings. The normalized spacial score (nSPS) is 14.3. The quantitative estimate of drug-likeness (QED) is 0.509. The summed E-state index contributed by atoms with van der Waals surface area (Å²) < 4.78 is 15.9. The molecule has 2 rings (SSSR count). The molecule has 0 heterocycles. The largest absolute Gasteiger partial charge is 0.493 e. The summed E-state index contributed by atoms with van der Waals surface area (Å²) in [6.45, 7) is 2.24. The number of hydrogen-bond donors (Lipinski definition) is 1. The van der Waals surface area contributed by atoms with Crippen LogP contribution in [0.15, 0.2) is 18.2 Å². The van der Waals surface area contributed by atoms with Gasteiger partial charge in [-0.05, 0) is 43.0 Å². The third-order valence-electron chi connectivity index (χ3n) is 4.18. The lowest BCUT2D eigenvalue weighted by Crippen LogP contribution is -2.35. The lowest BCUT2D eigenvalue weighted by Gasteiger charge is -2.12. The molecule has 0 aliphatic heterocycles. The molecule has 0 aromatic heterocycles. The van der Waals surface area contributed by atoms with Crippen molar-refractivity contribution in [2.75, 3.05) is 20.3 Å². The van der Waals surface area contributed by atoms with Gasteiger partial charge in [-0.2, -0.15) is 0 Å². The Balaban J connectivity index is 1.89. The molecule has 7 heteroatoms. The third kappa shape index (κ3) is 6.79. The second-order valence-corrected chi connectivity index (χ2v) is 6.78. The second-order valence-electron chi connectivity index (χ2n) is 6.37. The van der Waals surface area contributed by atoms with Crippen molar-refractivity contribution >= 4 is 29.6 Å². The van der Waals surface area contributed by atoms with Crippen molar-refractivity contribution in [1.82, 2.24) is 5.32 Å². The van der Waals surface area contributed by atoms with Gasteiger partial charge in [0.1, 0.15) is 0 Å². The summed E-state index contributed by atoms with van der Waals surface area (Å²) in [6.07, 6.45) is 7.88. The van der Waals surface area contributed by atoms with E-state index in [1.807, 2.05) is 6.92 Å². The Morgan fingerprint density at radius 3 is 2.70 bits per heavy atom. The Morgan fingerprint density at radius 1 is 1.30 bits per heavy atom. The van der Waals surface area contributed by atoms with Gasteiger partial charge in [0, 0.05) is 12.1 Å². The third-order valence-corrected chi connectivity index (χ3v) is 4.46. The van der Waals surface area contributed by atoms with Crippen LogP contribution in [-0.2, 0) is 14.3 Å². The van der Waals surface area contributed by atoms with Crippen molar-refractivity contribution in [3.8, 4) is 11.5 Å². The molecule has 1 aromatic carbocycles. The smallest absolute Gasteiger partial charge is 0.331 e. The molecular formula is C20H26ClNO5. The maximum absolute atomic E-state index is 11.8. The van der Waals surface area contributed by atoms with Gasteiger partial charge in [0.25, 0.3) is 5.91 Å². The molecule has 0 unspecified atom stereocenters. The summed E-state index contributed by atoms with van der Waals surface area (Å²) in [6, 6.07) is 3.59. The molecule has 148 valence electrons. The summed E-state index contributed by atoms with van der Waals surface area (Å²) in [5.74, 6) is 0.0907. The maximum Gasteiger partial charge on any atom is 0.331 e. The van der Waals surface area contributed by atoms with Gasteiger partial charge in [0.05, 0.1) is 18.7 Å². The first kappa shape index (κ1) is 21.1. The fraction of sp³-hybridized carbons (Fsp3) is 0.500. The molecule has 1 aliphatic carbocycles. The molecule has 6 nitrogen and oxygen atoms in total. The topological polar surface area (TPSA) is 73.9 Å². The van der Waals surface area contributed by atoms with Gasteiger partial charge in [0.15, 0.2) is 18.1 Å². The minimum absolute atomic E-state index is 0.204. The summed E-state index contributed by atoms with van der Waals surface area (Å²) in [5, 5.41) is 3.26. The number of esters is 1. The standard InChI is InChI=1S/C20H26ClNO5/c1-3-10-26-20-16(21)11-14(12-17(20)25-2)8-9-19(24)27-13-18(23)22-15-6-4-5-7-15/h8-9,11-12,15H,3-7,10,13H2,1-2H3,(H,22,23)/b9-8+. The number of carbonyl (C=O) groups is 2. The highest BCUT2D eigenvalue weighted by Gasteiger charge is 2.17. The van der Waals surface area contributed by atoms with Gasteiger partial charge in [-0.15, -0.1) is 0 Å². The Kier molecular flexibility index (Phi) is 8.45. The van der Waals surface area contributed by atoms with Gasteiger partial charge in [0.2, 0.25) is 0 Å². The SMILES string of the molecule is CCCOc1c(Cl)cc(/C=C/C(=O)OCC(=O)NC2CCCC2)cc1OC. The van der Waals surface area contributed by atoms with Crippen LogP contribution in [0.5, 0.6) is 11.5 Å². The van der Waals surface area contributed by atoms with E-state index in [0.29, 0.717) is 28.7 Å². The van der Waals surface area contributed by atoms with Crippen molar-refractivity contribution in [1.29, 1.82) is 0 Å². The number of nitrogens with one attached hydrogen (secondary N) is 1. The molecule has 0 atom stereocenters. The van der Waals surface area contributed by atoms with Crippen molar-refractivity contribution in [2.45, 2.75) is 45.1 Å². The first-order valence-corrected chi connectivity index (χ1v) is 9.55. The van der Waals surface area contributed by atoms with Crippen LogP contribution in [0.4, 0.5) is 0 Å². The summed E-state index contributed by atoms with van der Waals surface area (Å²) in [5.41, 5.74) is 0.660. The molecule has 0 bridgehead atoms. The van der Waals surface area contributed by atoms with Gasteiger partial charge in [-0.3, -0.25) is 4.79 Å². The lowest BCUT2D eigenvalue weighted by molar-refractivity contribution is -0.144. The highest BCUT2D eigenvalue weighted by atomic mass is 35.5. The van der Waals surface area contributed by atoms with Crippen molar-refractivity contribution in [3.05, 3.63) is 28.8 Å². The Hall–Kier alpha value is -2.21. The van der Waals surface area contributed by atoms with E-state index in [4.69, 9.17) is 25.8 Å². The van der Waals surface area contributed by atoms with Crippen LogP contribution in [0.2, 0.25) is 5.02 Å². The highest BCUT2D eigenvalue weighted by Crippen LogP contribution is 2.36. The zero-order valence-corrected chi connectivity index (χ0v) is 16.5. The number of rotatable bonds is 9. The monoisotopic (exact) mass is 395 g/mol. The predicted molar refractivity (Wildman–Crippen MR) is 104 cm³/mol. The lowest BCUT2D eigenvalue weighted by atomic mass is 10.2. The fourth-order valence-corrected chi connectivity index (χ4v) is 3.14. The molecule has 1 N–H and O–H groups in total. The highest BCUT2D eigenvalue weighted by molar-refractivity contribution is 6.32. The first-order valence-electron chi connectivity index (χ1n) is 9.18. The van der Waals surface area contributed by atoms with E-state index >= 15 is 0 Å². The number of benzene rings is 1. The Morgan fingerprint density at radius 2 is 2.04 bits per heavy atom. The van der Waals surface area contributed by atoms with Crippen molar-refractivity contribution in [3.63, 3.8) is 0 Å². The molecule has 1 amide bonds. The van der Waals surface area contributed by atoms with E-state index in [2.05, 4.69) is 5.32 Å². The number of halogens is 1. The van der Waals surface area contributed by atoms with Crippen LogP contribution < -0.4 is 14.8 Å². The van der Waals surface area contributed by atoms with E-state index in [1.54, 1.807) is 18.2 Å². The average molecular weight is 396 g/mol. The molecule has 0 saturated heterocycles. The summed E-state index contributed by atoms with van der Waals surface area (Å²) in [4.78, 5) is 23.6. The molecular weight excluding hydrogens is 370 g/mol. The van der Waals surface area contributed by atoms with Gasteiger partial charge in [-0.1, -0.05) is 31.4 Å². The minimum Gasteiger partial charge on any atom is -0.493 e. The first-order chi connectivity index (χ1) is 13.0. The van der Waals surface area contributed by atoms with Crippen LogP contribution in [0, 0.1) is 0 Å². The van der Waals surface area contributed by atoms with E-state index in [9.17, 15) is 9.59 Å². The average Bonchev–Trinajstić information content (AvgIpc) is 3.16.